The number of carbonyl (C=O) groups is 4. The third-order valence-electron chi connectivity index (χ3n) is 5.76. The molecule has 11 nitrogen and oxygen atoms in total. The fourth-order valence-electron chi connectivity index (χ4n) is 3.75. The number of nitro benzene ring substituents is 1. The van der Waals surface area contributed by atoms with Gasteiger partial charge in [0.15, 0.2) is 11.5 Å². The van der Waals surface area contributed by atoms with Gasteiger partial charge in [0, 0.05) is 18.2 Å². The van der Waals surface area contributed by atoms with E-state index in [-0.39, 0.29) is 22.7 Å². The second-order valence-electron chi connectivity index (χ2n) is 8.52. The minimum Gasteiger partial charge on any atom is -0.493 e. The number of rotatable bonds is 7. The molecule has 1 saturated heterocycles. The zero-order chi connectivity index (χ0) is 30.6. The van der Waals surface area contributed by atoms with E-state index in [0.717, 1.165) is 30.4 Å². The summed E-state index contributed by atoms with van der Waals surface area (Å²) in [5.74, 6) is -3.04. The van der Waals surface area contributed by atoms with E-state index in [2.05, 4.69) is 0 Å². The van der Waals surface area contributed by atoms with E-state index in [0.29, 0.717) is 16.5 Å². The van der Waals surface area contributed by atoms with Gasteiger partial charge in [0.05, 0.1) is 23.3 Å². The molecule has 0 aliphatic carbocycles. The molecule has 0 spiro atoms. The number of alkyl halides is 3. The summed E-state index contributed by atoms with van der Waals surface area (Å²) in [7, 11) is 1.27. The molecule has 3 aromatic rings. The Kier molecular flexibility index (Phi) is 8.17. The fraction of sp³-hybridized carbons (Fsp3) is 0.0714. The van der Waals surface area contributed by atoms with Crippen LogP contribution in [0.25, 0.3) is 12.2 Å². The van der Waals surface area contributed by atoms with Gasteiger partial charge in [0.25, 0.3) is 17.5 Å². The van der Waals surface area contributed by atoms with E-state index in [4.69, 9.17) is 9.47 Å². The van der Waals surface area contributed by atoms with E-state index in [9.17, 15) is 42.5 Å². The number of amides is 4. The Morgan fingerprint density at radius 2 is 1.67 bits per heavy atom. The number of benzene rings is 3. The number of ether oxygens (including phenoxy) is 2. The second-order valence-corrected chi connectivity index (χ2v) is 8.52. The molecule has 0 atom stereocenters. The van der Waals surface area contributed by atoms with Gasteiger partial charge in [-0.1, -0.05) is 12.1 Å². The Morgan fingerprint density at radius 1 is 0.976 bits per heavy atom. The van der Waals surface area contributed by atoms with E-state index in [1.807, 2.05) is 5.32 Å². The van der Waals surface area contributed by atoms with Crippen LogP contribution < -0.4 is 19.7 Å². The van der Waals surface area contributed by atoms with Gasteiger partial charge < -0.3 is 9.47 Å². The van der Waals surface area contributed by atoms with E-state index in [1.54, 1.807) is 0 Å². The van der Waals surface area contributed by atoms with Gasteiger partial charge in [-0.2, -0.15) is 13.2 Å². The number of carbonyl (C=O) groups excluding carboxylic acids is 4. The van der Waals surface area contributed by atoms with Crippen LogP contribution in [0, 0.1) is 10.1 Å². The lowest BCUT2D eigenvalue weighted by Gasteiger charge is -2.27. The normalized spacial score (nSPS) is 14.7. The van der Waals surface area contributed by atoms with Gasteiger partial charge in [-0.25, -0.2) is 14.5 Å². The number of anilines is 1. The topological polar surface area (TPSA) is 145 Å². The van der Waals surface area contributed by atoms with Gasteiger partial charge in [0.1, 0.15) is 5.57 Å². The average Bonchev–Trinajstić information content (AvgIpc) is 2.94. The number of non-ortho nitro benzene ring substituents is 1. The van der Waals surface area contributed by atoms with Crippen LogP contribution in [-0.4, -0.2) is 35.8 Å². The summed E-state index contributed by atoms with van der Waals surface area (Å²) >= 11 is 0. The highest BCUT2D eigenvalue weighted by molar-refractivity contribution is 6.39. The quantitative estimate of drug-likeness (QED) is 0.104. The van der Waals surface area contributed by atoms with Gasteiger partial charge >= 0.3 is 18.2 Å². The first-order valence-electron chi connectivity index (χ1n) is 11.8. The van der Waals surface area contributed by atoms with Crippen molar-refractivity contribution < 1.29 is 46.7 Å². The van der Waals surface area contributed by atoms with Crippen molar-refractivity contribution in [3.63, 3.8) is 0 Å². The number of nitrogens with one attached hydrogen (secondary N) is 1. The summed E-state index contributed by atoms with van der Waals surface area (Å²) in [6.07, 6.45) is -1.18. The average molecular weight is 581 g/mol. The van der Waals surface area contributed by atoms with E-state index in [1.165, 1.54) is 55.7 Å². The van der Waals surface area contributed by atoms with Crippen molar-refractivity contribution in [3.05, 3.63) is 105 Å². The first-order chi connectivity index (χ1) is 19.9. The zero-order valence-corrected chi connectivity index (χ0v) is 21.4. The van der Waals surface area contributed by atoms with Crippen molar-refractivity contribution in [1.29, 1.82) is 0 Å². The van der Waals surface area contributed by atoms with Crippen molar-refractivity contribution in [2.75, 3.05) is 12.0 Å². The molecule has 4 amide bonds. The number of hydrogen-bond acceptors (Lipinski definition) is 8. The number of nitrogens with zero attached hydrogens (tertiary/aromatic N) is 2. The second kappa shape index (κ2) is 11.8. The van der Waals surface area contributed by atoms with Crippen LogP contribution in [0.15, 0.2) is 78.4 Å². The SMILES string of the molecule is COc1cc(/C=C2\C(=O)NC(=O)N(c3cccc(C(F)(F)F)c3)C2=O)ccc1OC(=O)/C=C/c1ccc([N+](=O)[O-])cc1. The highest BCUT2D eigenvalue weighted by Gasteiger charge is 2.38. The minimum absolute atomic E-state index is 0.0240. The van der Waals surface area contributed by atoms with Crippen molar-refractivity contribution >= 4 is 47.3 Å². The number of methoxy groups -OCH3 is 1. The monoisotopic (exact) mass is 581 g/mol. The van der Waals surface area contributed by atoms with Crippen LogP contribution in [0.5, 0.6) is 11.5 Å². The number of nitro groups is 1. The third kappa shape index (κ3) is 6.50. The number of barbiturate groups is 1. The lowest BCUT2D eigenvalue weighted by atomic mass is 10.1. The Balaban J connectivity index is 1.55. The first kappa shape index (κ1) is 29.2. The number of imide groups is 2. The predicted molar refractivity (Wildman–Crippen MR) is 141 cm³/mol. The molecule has 4 rings (SSSR count). The number of halogens is 3. The number of urea groups is 1. The molecule has 1 fully saturated rings. The Bertz CT molecular complexity index is 1660. The van der Waals surface area contributed by atoms with Crippen molar-refractivity contribution in [3.8, 4) is 11.5 Å². The van der Waals surface area contributed by atoms with Crippen molar-refractivity contribution in [1.82, 2.24) is 5.32 Å². The lowest BCUT2D eigenvalue weighted by Crippen LogP contribution is -2.54. The standard InChI is InChI=1S/C28H18F3N3O8/c1-41-23-14-17(7-11-22(23)42-24(35)12-8-16-5-9-19(10-6-16)34(39)40)13-21-25(36)32-27(38)33(26(21)37)20-4-2-3-18(15-20)28(29,30)31/h2-15H,1H3,(H,32,36,38)/b12-8+,21-13+. The molecule has 1 heterocycles. The molecule has 0 radical (unpaired) electrons. The molecule has 1 aliphatic rings. The maximum atomic E-state index is 13.2. The summed E-state index contributed by atoms with van der Waals surface area (Å²) in [6, 6.07) is 11.7. The molecule has 0 unspecified atom stereocenters. The Labute approximate surface area is 234 Å². The van der Waals surface area contributed by atoms with Crippen LogP contribution in [0.4, 0.5) is 29.3 Å². The lowest BCUT2D eigenvalue weighted by molar-refractivity contribution is -0.384. The number of hydrogen-bond donors (Lipinski definition) is 1. The summed E-state index contributed by atoms with van der Waals surface area (Å²) in [4.78, 5) is 60.8. The molecule has 42 heavy (non-hydrogen) atoms. The Hall–Kier alpha value is -5.79. The minimum atomic E-state index is -4.73. The Morgan fingerprint density at radius 3 is 2.31 bits per heavy atom. The van der Waals surface area contributed by atoms with E-state index >= 15 is 0 Å². The summed E-state index contributed by atoms with van der Waals surface area (Å²) in [6.45, 7) is 0. The van der Waals surface area contributed by atoms with E-state index < -0.39 is 51.7 Å². The van der Waals surface area contributed by atoms with Gasteiger partial charge in [-0.15, -0.1) is 0 Å². The van der Waals surface area contributed by atoms with Crippen LogP contribution in [0.2, 0.25) is 0 Å². The summed E-state index contributed by atoms with van der Waals surface area (Å²) in [5.41, 5.74) is -1.46. The molecule has 214 valence electrons. The summed E-state index contributed by atoms with van der Waals surface area (Å²) in [5, 5.41) is 12.7. The van der Waals surface area contributed by atoms with Crippen LogP contribution >= 0.6 is 0 Å². The number of esters is 1. The zero-order valence-electron chi connectivity index (χ0n) is 21.4. The van der Waals surface area contributed by atoms with Crippen LogP contribution in [0.1, 0.15) is 16.7 Å². The molecule has 0 aromatic heterocycles. The molecule has 1 aliphatic heterocycles. The highest BCUT2D eigenvalue weighted by Crippen LogP contribution is 2.33. The van der Waals surface area contributed by atoms with Crippen LogP contribution in [-0.2, 0) is 20.6 Å². The van der Waals surface area contributed by atoms with Gasteiger partial charge in [-0.3, -0.25) is 25.0 Å². The largest absolute Gasteiger partial charge is 0.493 e. The third-order valence-corrected chi connectivity index (χ3v) is 5.76. The van der Waals surface area contributed by atoms with Gasteiger partial charge in [-0.05, 0) is 65.7 Å². The molecule has 0 bridgehead atoms. The highest BCUT2D eigenvalue weighted by atomic mass is 19.4. The maximum absolute atomic E-state index is 13.2. The molecule has 14 heteroatoms. The van der Waals surface area contributed by atoms with Crippen LogP contribution in [0.3, 0.4) is 0 Å². The van der Waals surface area contributed by atoms with Gasteiger partial charge in [0.2, 0.25) is 0 Å². The maximum Gasteiger partial charge on any atom is 0.416 e. The van der Waals surface area contributed by atoms with Crippen molar-refractivity contribution in [2.24, 2.45) is 0 Å². The van der Waals surface area contributed by atoms with Crippen molar-refractivity contribution in [2.45, 2.75) is 6.18 Å². The first-order valence-corrected chi connectivity index (χ1v) is 11.8. The molecular formula is C28H18F3N3O8. The smallest absolute Gasteiger partial charge is 0.416 e. The molecule has 3 aromatic carbocycles. The predicted octanol–water partition coefficient (Wildman–Crippen LogP) is 4.91. The molecular weight excluding hydrogens is 563 g/mol. The molecule has 0 saturated carbocycles. The fourth-order valence-corrected chi connectivity index (χ4v) is 3.75. The summed E-state index contributed by atoms with van der Waals surface area (Å²) < 4.78 is 50.0. The molecule has 1 N–H and O–H groups in total.